The van der Waals surface area contributed by atoms with Crippen LogP contribution in [-0.2, 0) is 4.79 Å². The highest BCUT2D eigenvalue weighted by Gasteiger charge is 2.28. The molecule has 0 aliphatic carbocycles. The number of hydrogen-bond acceptors (Lipinski definition) is 2. The third kappa shape index (κ3) is 3.66. The molecule has 1 aromatic carbocycles. The standard InChI is InChI=1S/C16H22O3/c1-5-6-7-13(16(18)19)15(17)14-11(3)8-10(2)9-12(14)4/h8-9,13H,5-7H2,1-4H3,(H,18,19). The maximum atomic E-state index is 12.5. The number of ketones is 1. The van der Waals surface area contributed by atoms with Gasteiger partial charge in [0.15, 0.2) is 5.78 Å². The first-order valence-electron chi connectivity index (χ1n) is 6.73. The molecule has 0 saturated carbocycles. The minimum atomic E-state index is -1.02. The maximum Gasteiger partial charge on any atom is 0.314 e. The number of carboxylic acids is 1. The third-order valence-corrected chi connectivity index (χ3v) is 3.38. The van der Waals surface area contributed by atoms with Crippen molar-refractivity contribution in [1.82, 2.24) is 0 Å². The molecular weight excluding hydrogens is 240 g/mol. The second-order valence-corrected chi connectivity index (χ2v) is 5.17. The average molecular weight is 262 g/mol. The molecule has 104 valence electrons. The zero-order chi connectivity index (χ0) is 14.6. The van der Waals surface area contributed by atoms with E-state index in [9.17, 15) is 14.7 Å². The number of aryl methyl sites for hydroxylation is 3. The first-order chi connectivity index (χ1) is 8.88. The second kappa shape index (κ2) is 6.50. The lowest BCUT2D eigenvalue weighted by Gasteiger charge is -2.15. The number of Topliss-reactive ketones (excluding diaryl/α,β-unsaturated/α-hetero) is 1. The van der Waals surface area contributed by atoms with Gasteiger partial charge in [0, 0.05) is 5.56 Å². The predicted octanol–water partition coefficient (Wildman–Crippen LogP) is 3.69. The minimum absolute atomic E-state index is 0.254. The van der Waals surface area contributed by atoms with E-state index in [1.807, 2.05) is 39.8 Å². The Hall–Kier alpha value is -1.64. The van der Waals surface area contributed by atoms with Crippen LogP contribution in [-0.4, -0.2) is 16.9 Å². The molecule has 0 radical (unpaired) electrons. The van der Waals surface area contributed by atoms with Gasteiger partial charge in [-0.2, -0.15) is 0 Å². The third-order valence-electron chi connectivity index (χ3n) is 3.38. The van der Waals surface area contributed by atoms with Gasteiger partial charge in [-0.25, -0.2) is 0 Å². The van der Waals surface area contributed by atoms with Gasteiger partial charge in [0.2, 0.25) is 0 Å². The highest BCUT2D eigenvalue weighted by molar-refractivity contribution is 6.09. The van der Waals surface area contributed by atoms with E-state index >= 15 is 0 Å². The lowest BCUT2D eigenvalue weighted by atomic mass is 9.87. The van der Waals surface area contributed by atoms with E-state index in [1.54, 1.807) is 0 Å². The molecule has 0 heterocycles. The Morgan fingerprint density at radius 1 is 1.16 bits per heavy atom. The first-order valence-corrected chi connectivity index (χ1v) is 6.73. The van der Waals surface area contributed by atoms with E-state index in [0.29, 0.717) is 12.0 Å². The Kier molecular flexibility index (Phi) is 5.28. The average Bonchev–Trinajstić information content (AvgIpc) is 2.27. The molecule has 1 N–H and O–H groups in total. The highest BCUT2D eigenvalue weighted by atomic mass is 16.4. The first kappa shape index (κ1) is 15.4. The van der Waals surface area contributed by atoms with Crippen molar-refractivity contribution in [3.63, 3.8) is 0 Å². The van der Waals surface area contributed by atoms with E-state index < -0.39 is 11.9 Å². The van der Waals surface area contributed by atoms with Gasteiger partial charge in [-0.3, -0.25) is 9.59 Å². The molecule has 0 aliphatic heterocycles. The summed E-state index contributed by atoms with van der Waals surface area (Å²) >= 11 is 0. The molecule has 1 rings (SSSR count). The summed E-state index contributed by atoms with van der Waals surface area (Å²) in [6.07, 6.45) is 2.06. The number of benzene rings is 1. The summed E-state index contributed by atoms with van der Waals surface area (Å²) in [4.78, 5) is 23.8. The SMILES string of the molecule is CCCCC(C(=O)O)C(=O)c1c(C)cc(C)cc1C. The highest BCUT2D eigenvalue weighted by Crippen LogP contribution is 2.23. The van der Waals surface area contributed by atoms with Crippen LogP contribution in [0.5, 0.6) is 0 Å². The molecule has 0 saturated heterocycles. The summed E-state index contributed by atoms with van der Waals surface area (Å²) in [6, 6.07) is 3.86. The lowest BCUT2D eigenvalue weighted by molar-refractivity contribution is -0.140. The number of unbranched alkanes of at least 4 members (excludes halogenated alkanes) is 1. The number of carbonyl (C=O) groups excluding carboxylic acids is 1. The zero-order valence-corrected chi connectivity index (χ0v) is 12.1. The molecule has 0 spiro atoms. The van der Waals surface area contributed by atoms with Gasteiger partial charge in [0.1, 0.15) is 5.92 Å². The van der Waals surface area contributed by atoms with Gasteiger partial charge in [-0.05, 0) is 38.3 Å². The molecule has 19 heavy (non-hydrogen) atoms. The fourth-order valence-electron chi connectivity index (χ4n) is 2.52. The van der Waals surface area contributed by atoms with Gasteiger partial charge in [-0.15, -0.1) is 0 Å². The summed E-state index contributed by atoms with van der Waals surface area (Å²) in [5, 5.41) is 9.25. The Bertz CT molecular complexity index is 466. The summed E-state index contributed by atoms with van der Waals surface area (Å²) in [5.74, 6) is -2.19. The summed E-state index contributed by atoms with van der Waals surface area (Å²) in [5.41, 5.74) is 3.40. The predicted molar refractivity (Wildman–Crippen MR) is 75.6 cm³/mol. The van der Waals surface area contributed by atoms with Gasteiger partial charge in [0.05, 0.1) is 0 Å². The van der Waals surface area contributed by atoms with Crippen LogP contribution in [0.2, 0.25) is 0 Å². The quantitative estimate of drug-likeness (QED) is 0.628. The van der Waals surface area contributed by atoms with Gasteiger partial charge < -0.3 is 5.11 Å². The van der Waals surface area contributed by atoms with Crippen LogP contribution in [0.15, 0.2) is 12.1 Å². The number of aliphatic carboxylic acids is 1. The van der Waals surface area contributed by atoms with Crippen LogP contribution < -0.4 is 0 Å². The number of rotatable bonds is 6. The molecule has 0 fully saturated rings. The topological polar surface area (TPSA) is 54.4 Å². The molecular formula is C16H22O3. The number of hydrogen-bond donors (Lipinski definition) is 1. The van der Waals surface area contributed by atoms with Crippen LogP contribution in [0.3, 0.4) is 0 Å². The van der Waals surface area contributed by atoms with Crippen LogP contribution in [0.25, 0.3) is 0 Å². The minimum Gasteiger partial charge on any atom is -0.481 e. The van der Waals surface area contributed by atoms with E-state index in [1.165, 1.54) is 0 Å². The fraction of sp³-hybridized carbons (Fsp3) is 0.500. The number of carboxylic acid groups (broad SMARTS) is 1. The zero-order valence-electron chi connectivity index (χ0n) is 12.1. The van der Waals surface area contributed by atoms with Crippen molar-refractivity contribution in [2.24, 2.45) is 5.92 Å². The lowest BCUT2D eigenvalue weighted by Crippen LogP contribution is -2.25. The van der Waals surface area contributed by atoms with Gasteiger partial charge >= 0.3 is 5.97 Å². The molecule has 1 aromatic rings. The summed E-state index contributed by atoms with van der Waals surface area (Å²) in [6.45, 7) is 7.70. The molecule has 3 heteroatoms. The van der Waals surface area contributed by atoms with E-state index in [4.69, 9.17) is 0 Å². The molecule has 1 atom stereocenters. The molecule has 0 aromatic heterocycles. The van der Waals surface area contributed by atoms with Crippen LogP contribution in [0, 0.1) is 26.7 Å². The normalized spacial score (nSPS) is 12.2. The van der Waals surface area contributed by atoms with Crippen molar-refractivity contribution in [3.8, 4) is 0 Å². The molecule has 1 unspecified atom stereocenters. The van der Waals surface area contributed by atoms with E-state index in [-0.39, 0.29) is 5.78 Å². The fourth-order valence-corrected chi connectivity index (χ4v) is 2.52. The second-order valence-electron chi connectivity index (χ2n) is 5.17. The Morgan fingerprint density at radius 2 is 1.68 bits per heavy atom. The van der Waals surface area contributed by atoms with Crippen molar-refractivity contribution in [2.75, 3.05) is 0 Å². The maximum absolute atomic E-state index is 12.5. The molecule has 0 amide bonds. The Balaban J connectivity index is 3.13. The van der Waals surface area contributed by atoms with Crippen molar-refractivity contribution in [2.45, 2.75) is 47.0 Å². The van der Waals surface area contributed by atoms with Crippen molar-refractivity contribution < 1.29 is 14.7 Å². The van der Waals surface area contributed by atoms with Gasteiger partial charge in [-0.1, -0.05) is 37.5 Å². The van der Waals surface area contributed by atoms with Crippen LogP contribution >= 0.6 is 0 Å². The van der Waals surface area contributed by atoms with Gasteiger partial charge in [0.25, 0.3) is 0 Å². The Morgan fingerprint density at radius 3 is 2.11 bits per heavy atom. The number of carbonyl (C=O) groups is 2. The largest absolute Gasteiger partial charge is 0.481 e. The van der Waals surface area contributed by atoms with Crippen molar-refractivity contribution in [3.05, 3.63) is 34.4 Å². The van der Waals surface area contributed by atoms with Crippen molar-refractivity contribution >= 4 is 11.8 Å². The van der Waals surface area contributed by atoms with Crippen LogP contribution in [0.1, 0.15) is 53.2 Å². The van der Waals surface area contributed by atoms with Crippen molar-refractivity contribution in [1.29, 1.82) is 0 Å². The summed E-state index contributed by atoms with van der Waals surface area (Å²) in [7, 11) is 0. The smallest absolute Gasteiger partial charge is 0.314 e. The summed E-state index contributed by atoms with van der Waals surface area (Å²) < 4.78 is 0. The molecule has 0 aliphatic rings. The Labute approximate surface area is 114 Å². The molecule has 0 bridgehead atoms. The van der Waals surface area contributed by atoms with E-state index in [2.05, 4.69) is 0 Å². The van der Waals surface area contributed by atoms with Crippen LogP contribution in [0.4, 0.5) is 0 Å². The van der Waals surface area contributed by atoms with E-state index in [0.717, 1.165) is 29.5 Å². The monoisotopic (exact) mass is 262 g/mol. The molecule has 3 nitrogen and oxygen atoms in total.